The topological polar surface area (TPSA) is 29.5 Å². The molecule has 0 atom stereocenters. The highest BCUT2D eigenvalue weighted by Gasteiger charge is 2.18. The van der Waals surface area contributed by atoms with Crippen molar-refractivity contribution in [1.82, 2.24) is 0 Å². The van der Waals surface area contributed by atoms with Crippen molar-refractivity contribution in [2.24, 2.45) is 0 Å². The third kappa shape index (κ3) is 5.15. The van der Waals surface area contributed by atoms with Crippen LogP contribution in [0.5, 0.6) is 0 Å². The first-order chi connectivity index (χ1) is 25.2. The van der Waals surface area contributed by atoms with Crippen molar-refractivity contribution in [3.8, 4) is 33.4 Å². The van der Waals surface area contributed by atoms with E-state index in [2.05, 4.69) is 181 Å². The molecule has 3 heteroatoms. The molecule has 0 aliphatic rings. The van der Waals surface area contributed by atoms with E-state index in [1.807, 2.05) is 12.1 Å². The summed E-state index contributed by atoms with van der Waals surface area (Å²) >= 11 is 0. The van der Waals surface area contributed by atoms with Crippen molar-refractivity contribution < 1.29 is 8.83 Å². The molecule has 8 aromatic carbocycles. The summed E-state index contributed by atoms with van der Waals surface area (Å²) in [6, 6.07) is 66.2. The zero-order valence-corrected chi connectivity index (χ0v) is 27.7. The third-order valence-electron chi connectivity index (χ3n) is 9.88. The maximum absolute atomic E-state index is 6.48. The van der Waals surface area contributed by atoms with E-state index < -0.39 is 0 Å². The van der Waals surface area contributed by atoms with Crippen LogP contribution in [0, 0.1) is 0 Å². The molecule has 0 saturated carbocycles. The van der Waals surface area contributed by atoms with E-state index in [9.17, 15) is 0 Å². The van der Waals surface area contributed by atoms with Crippen LogP contribution in [-0.4, -0.2) is 0 Å². The molecule has 0 aliphatic carbocycles. The van der Waals surface area contributed by atoms with Crippen molar-refractivity contribution >= 4 is 60.9 Å². The highest BCUT2D eigenvalue weighted by Crippen LogP contribution is 2.42. The van der Waals surface area contributed by atoms with Gasteiger partial charge in [0.25, 0.3) is 0 Å². The Kier molecular flexibility index (Phi) is 6.81. The fourth-order valence-corrected chi connectivity index (χ4v) is 7.30. The van der Waals surface area contributed by atoms with Gasteiger partial charge >= 0.3 is 0 Å². The van der Waals surface area contributed by atoms with Gasteiger partial charge in [-0.25, -0.2) is 0 Å². The lowest BCUT2D eigenvalue weighted by Gasteiger charge is -2.25. The molecule has 2 heterocycles. The van der Waals surface area contributed by atoms with Crippen molar-refractivity contribution in [3.05, 3.63) is 188 Å². The Morgan fingerprint density at radius 2 is 0.667 bits per heavy atom. The molecule has 0 spiro atoms. The predicted octanol–water partition coefficient (Wildman–Crippen LogP) is 14.0. The molecule has 0 radical (unpaired) electrons. The smallest absolute Gasteiger partial charge is 0.136 e. The molecular formula is C48H31NO2. The predicted molar refractivity (Wildman–Crippen MR) is 212 cm³/mol. The number of nitrogens with zero attached hydrogens (tertiary/aromatic N) is 1. The van der Waals surface area contributed by atoms with Gasteiger partial charge in [-0.05, 0) is 100 Å². The molecule has 10 aromatic rings. The lowest BCUT2D eigenvalue weighted by molar-refractivity contribution is 0.664. The van der Waals surface area contributed by atoms with Crippen LogP contribution in [-0.2, 0) is 0 Å². The molecule has 240 valence electrons. The van der Waals surface area contributed by atoms with E-state index in [0.29, 0.717) is 0 Å². The molecule has 0 amide bonds. The van der Waals surface area contributed by atoms with Gasteiger partial charge in [0, 0.05) is 38.6 Å². The summed E-state index contributed by atoms with van der Waals surface area (Å²) in [5.74, 6) is 0. The molecule has 51 heavy (non-hydrogen) atoms. The zero-order valence-electron chi connectivity index (χ0n) is 27.7. The molecule has 0 saturated heterocycles. The van der Waals surface area contributed by atoms with Crippen molar-refractivity contribution in [3.63, 3.8) is 0 Å². The summed E-state index contributed by atoms with van der Waals surface area (Å²) in [4.78, 5) is 2.30. The van der Waals surface area contributed by atoms with Crippen LogP contribution in [0.25, 0.3) is 77.3 Å². The van der Waals surface area contributed by atoms with Gasteiger partial charge in [0.05, 0.1) is 0 Å². The highest BCUT2D eigenvalue weighted by molar-refractivity contribution is 6.15. The first-order valence-corrected chi connectivity index (χ1v) is 17.2. The van der Waals surface area contributed by atoms with Gasteiger partial charge in [0.1, 0.15) is 22.3 Å². The summed E-state index contributed by atoms with van der Waals surface area (Å²) < 4.78 is 12.9. The van der Waals surface area contributed by atoms with Crippen LogP contribution < -0.4 is 4.90 Å². The summed E-state index contributed by atoms with van der Waals surface area (Å²) in [5, 5.41) is 4.21. The number of hydrogen-bond donors (Lipinski definition) is 0. The van der Waals surface area contributed by atoms with Crippen molar-refractivity contribution in [1.29, 1.82) is 0 Å². The molecular weight excluding hydrogens is 623 g/mol. The van der Waals surface area contributed by atoms with Gasteiger partial charge in [-0.1, -0.05) is 121 Å². The largest absolute Gasteiger partial charge is 0.456 e. The second-order valence-corrected chi connectivity index (χ2v) is 13.0. The molecule has 0 unspecified atom stereocenters. The van der Waals surface area contributed by atoms with E-state index in [0.717, 1.165) is 66.5 Å². The second kappa shape index (κ2) is 11.9. The molecule has 0 fully saturated rings. The molecule has 3 nitrogen and oxygen atoms in total. The molecule has 0 bridgehead atoms. The summed E-state index contributed by atoms with van der Waals surface area (Å²) in [6.45, 7) is 0. The van der Waals surface area contributed by atoms with E-state index in [1.165, 1.54) is 27.8 Å². The highest BCUT2D eigenvalue weighted by atomic mass is 16.3. The van der Waals surface area contributed by atoms with Gasteiger partial charge in [-0.15, -0.1) is 0 Å². The Morgan fingerprint density at radius 1 is 0.255 bits per heavy atom. The van der Waals surface area contributed by atoms with Crippen molar-refractivity contribution in [2.45, 2.75) is 0 Å². The van der Waals surface area contributed by atoms with Gasteiger partial charge < -0.3 is 13.7 Å². The minimum absolute atomic E-state index is 0.846. The van der Waals surface area contributed by atoms with E-state index in [4.69, 9.17) is 8.83 Å². The Morgan fingerprint density at radius 3 is 1.29 bits per heavy atom. The SMILES string of the molecule is c1ccc(-c2ccc(-c3ccc(N(c4ccccc4)c4ccc5oc6cc7c(cc6c5c4)oc4cc(-c5ccccc5)ccc47)cc3)cc2)cc1. The van der Waals surface area contributed by atoms with E-state index in [-0.39, 0.29) is 0 Å². The van der Waals surface area contributed by atoms with Crippen molar-refractivity contribution in [2.75, 3.05) is 4.90 Å². The van der Waals surface area contributed by atoms with Gasteiger partial charge in [-0.2, -0.15) is 0 Å². The first-order valence-electron chi connectivity index (χ1n) is 17.2. The van der Waals surface area contributed by atoms with E-state index >= 15 is 0 Å². The third-order valence-corrected chi connectivity index (χ3v) is 9.88. The number of furan rings is 2. The van der Waals surface area contributed by atoms with Crippen LogP contribution in [0.4, 0.5) is 17.1 Å². The van der Waals surface area contributed by atoms with Gasteiger partial charge in [-0.3, -0.25) is 0 Å². The number of para-hydroxylation sites is 1. The fourth-order valence-electron chi connectivity index (χ4n) is 7.30. The lowest BCUT2D eigenvalue weighted by atomic mass is 10.00. The molecule has 0 N–H and O–H groups in total. The number of hydrogen-bond acceptors (Lipinski definition) is 3. The Hall–Kier alpha value is -6.84. The van der Waals surface area contributed by atoms with E-state index in [1.54, 1.807) is 0 Å². The fraction of sp³-hybridized carbons (Fsp3) is 0. The Bertz CT molecular complexity index is 2820. The number of fused-ring (bicyclic) bond motifs is 6. The van der Waals surface area contributed by atoms with Crippen LogP contribution in [0.2, 0.25) is 0 Å². The van der Waals surface area contributed by atoms with Crippen LogP contribution in [0.15, 0.2) is 197 Å². The standard InChI is InChI=1S/C48H31NO2/c1-4-10-32(11-5-1)34-16-18-35(19-17-34)36-20-23-39(24-21-36)49(38-14-8-3-9-15-38)40-25-27-45-42(29-40)44-31-47-43(30-48(44)50-45)41-26-22-37(28-46(41)51-47)33-12-6-2-7-13-33/h1-31H. The first kappa shape index (κ1) is 29.1. The van der Waals surface area contributed by atoms with Gasteiger partial charge in [0.15, 0.2) is 0 Å². The zero-order chi connectivity index (χ0) is 33.7. The molecule has 10 rings (SSSR count). The van der Waals surface area contributed by atoms with Gasteiger partial charge in [0.2, 0.25) is 0 Å². The van der Waals surface area contributed by atoms with Crippen LogP contribution in [0.3, 0.4) is 0 Å². The second-order valence-electron chi connectivity index (χ2n) is 13.0. The number of benzene rings is 8. The summed E-state index contributed by atoms with van der Waals surface area (Å²) in [6.07, 6.45) is 0. The lowest BCUT2D eigenvalue weighted by Crippen LogP contribution is -2.09. The summed E-state index contributed by atoms with van der Waals surface area (Å²) in [5.41, 5.74) is 13.7. The maximum atomic E-state index is 6.48. The van der Waals surface area contributed by atoms with Crippen LogP contribution >= 0.6 is 0 Å². The monoisotopic (exact) mass is 653 g/mol. The van der Waals surface area contributed by atoms with Crippen LogP contribution in [0.1, 0.15) is 0 Å². The summed E-state index contributed by atoms with van der Waals surface area (Å²) in [7, 11) is 0. The minimum Gasteiger partial charge on any atom is -0.456 e. The quantitative estimate of drug-likeness (QED) is 0.179. The number of anilines is 3. The Labute approximate surface area is 295 Å². The average molecular weight is 654 g/mol. The Balaban J connectivity index is 1.03. The molecule has 0 aliphatic heterocycles. The minimum atomic E-state index is 0.846. The number of rotatable bonds is 6. The maximum Gasteiger partial charge on any atom is 0.136 e. The molecule has 2 aromatic heterocycles. The normalized spacial score (nSPS) is 11.5. The average Bonchev–Trinajstić information content (AvgIpc) is 3.75.